The van der Waals surface area contributed by atoms with E-state index in [-0.39, 0.29) is 55.2 Å². The molecule has 0 unspecified atom stereocenters. The molecule has 1 aromatic heterocycles. The molecule has 0 fully saturated rings. The molecule has 0 radical (unpaired) electrons. The molecule has 2 amide bonds. The number of benzene rings is 3. The van der Waals surface area contributed by atoms with Crippen LogP contribution in [0.2, 0.25) is 0 Å². The number of amides is 2. The van der Waals surface area contributed by atoms with Crippen LogP contribution < -0.4 is 10.1 Å². The molecule has 1 aliphatic rings. The zero-order chi connectivity index (χ0) is 32.3. The second kappa shape index (κ2) is 13.4. The molecule has 2 N–H and O–H groups in total. The fourth-order valence-electron chi connectivity index (χ4n) is 5.79. The number of aliphatic hydroxyl groups excluding tert-OH is 1. The highest BCUT2D eigenvalue weighted by atomic mass is 32.2. The van der Waals surface area contributed by atoms with E-state index in [1.807, 2.05) is 49.0 Å². The summed E-state index contributed by atoms with van der Waals surface area (Å²) >= 11 is 0. The number of hydrogen-bond acceptors (Lipinski definition) is 6. The number of carbonyl (C=O) groups is 2. The van der Waals surface area contributed by atoms with Gasteiger partial charge in [-0.2, -0.15) is 4.31 Å². The first-order valence-electron chi connectivity index (χ1n) is 15.0. The molecule has 11 heteroatoms. The Kier molecular flexibility index (Phi) is 9.62. The largest absolute Gasteiger partial charge is 0.488 e. The number of rotatable bonds is 9. The van der Waals surface area contributed by atoms with E-state index in [2.05, 4.69) is 5.32 Å². The number of fused-ring (bicyclic) bond motifs is 2. The summed E-state index contributed by atoms with van der Waals surface area (Å²) in [5.74, 6) is -0.228. The predicted molar refractivity (Wildman–Crippen MR) is 173 cm³/mol. The molecular formula is C34H40N4O6S. The van der Waals surface area contributed by atoms with Crippen molar-refractivity contribution in [1.82, 2.24) is 13.8 Å². The van der Waals surface area contributed by atoms with E-state index in [9.17, 15) is 23.1 Å². The molecule has 3 aromatic carbocycles. The molecule has 238 valence electrons. The van der Waals surface area contributed by atoms with E-state index >= 15 is 0 Å². The molecule has 5 rings (SSSR count). The van der Waals surface area contributed by atoms with Gasteiger partial charge in [0.05, 0.1) is 36.9 Å². The smallest absolute Gasteiger partial charge is 0.242 e. The van der Waals surface area contributed by atoms with Crippen molar-refractivity contribution in [1.29, 1.82) is 0 Å². The van der Waals surface area contributed by atoms with Gasteiger partial charge in [0.25, 0.3) is 0 Å². The van der Waals surface area contributed by atoms with Gasteiger partial charge in [0.15, 0.2) is 0 Å². The van der Waals surface area contributed by atoms with E-state index in [1.54, 1.807) is 60.4 Å². The van der Waals surface area contributed by atoms with Gasteiger partial charge in [0.1, 0.15) is 11.9 Å². The minimum Gasteiger partial charge on any atom is -0.488 e. The Hall–Kier alpha value is -4.19. The van der Waals surface area contributed by atoms with Crippen molar-refractivity contribution < 1.29 is 27.9 Å². The van der Waals surface area contributed by atoms with Gasteiger partial charge in [-0.05, 0) is 48.9 Å². The van der Waals surface area contributed by atoms with E-state index in [1.165, 1.54) is 11.4 Å². The number of nitrogens with one attached hydrogen (secondary N) is 1. The van der Waals surface area contributed by atoms with Crippen LogP contribution in [0.5, 0.6) is 5.75 Å². The van der Waals surface area contributed by atoms with Crippen LogP contribution in [0.3, 0.4) is 0 Å². The summed E-state index contributed by atoms with van der Waals surface area (Å²) in [7, 11) is -0.329. The minimum absolute atomic E-state index is 0.00962. The molecule has 4 aromatic rings. The molecule has 1 aliphatic heterocycles. The molecule has 10 nitrogen and oxygen atoms in total. The molecule has 0 spiro atoms. The zero-order valence-electron chi connectivity index (χ0n) is 26.0. The Balaban J connectivity index is 1.41. The molecule has 0 saturated heterocycles. The van der Waals surface area contributed by atoms with Crippen LogP contribution >= 0.6 is 0 Å². The Morgan fingerprint density at radius 3 is 2.56 bits per heavy atom. The number of carbonyl (C=O) groups excluding carboxylic acids is 2. The van der Waals surface area contributed by atoms with Gasteiger partial charge >= 0.3 is 0 Å². The Morgan fingerprint density at radius 1 is 1.11 bits per heavy atom. The van der Waals surface area contributed by atoms with Crippen molar-refractivity contribution in [3.63, 3.8) is 0 Å². The number of aromatic nitrogens is 1. The normalized spacial score (nSPS) is 18.1. The van der Waals surface area contributed by atoms with Crippen LogP contribution in [0.4, 0.5) is 5.69 Å². The summed E-state index contributed by atoms with van der Waals surface area (Å²) in [5, 5.41) is 13.9. The maximum absolute atomic E-state index is 13.6. The summed E-state index contributed by atoms with van der Waals surface area (Å²) in [6.45, 7) is 3.77. The number of hydrogen-bond donors (Lipinski definition) is 2. The third kappa shape index (κ3) is 7.06. The Morgan fingerprint density at radius 2 is 1.82 bits per heavy atom. The average molecular weight is 633 g/mol. The van der Waals surface area contributed by atoms with Crippen LogP contribution in [0, 0.1) is 5.92 Å². The lowest BCUT2D eigenvalue weighted by molar-refractivity contribution is -0.134. The maximum atomic E-state index is 13.6. The first-order chi connectivity index (χ1) is 21.5. The summed E-state index contributed by atoms with van der Waals surface area (Å²) in [6, 6.07) is 20.8. The van der Waals surface area contributed by atoms with E-state index < -0.39 is 22.2 Å². The number of nitrogens with zero attached hydrogens (tertiary/aromatic N) is 3. The first-order valence-corrected chi connectivity index (χ1v) is 16.5. The highest BCUT2D eigenvalue weighted by Crippen LogP contribution is 2.30. The second-order valence-electron chi connectivity index (χ2n) is 11.8. The summed E-state index contributed by atoms with van der Waals surface area (Å²) < 4.78 is 36.4. The third-order valence-electron chi connectivity index (χ3n) is 8.42. The highest BCUT2D eigenvalue weighted by Gasteiger charge is 2.33. The number of anilines is 1. The topological polar surface area (TPSA) is 121 Å². The monoisotopic (exact) mass is 632 g/mol. The van der Waals surface area contributed by atoms with E-state index in [4.69, 9.17) is 4.74 Å². The fraction of sp³-hybridized carbons (Fsp3) is 0.353. The molecular weight excluding hydrogens is 592 g/mol. The summed E-state index contributed by atoms with van der Waals surface area (Å²) in [4.78, 5) is 28.5. The van der Waals surface area contributed by atoms with Gasteiger partial charge in [-0.25, -0.2) is 8.42 Å². The number of ether oxygens (including phenoxy) is 1. The van der Waals surface area contributed by atoms with Crippen molar-refractivity contribution in [2.75, 3.05) is 32.1 Å². The lowest BCUT2D eigenvalue weighted by atomic mass is 10.0. The van der Waals surface area contributed by atoms with Gasteiger partial charge in [0, 0.05) is 54.9 Å². The molecule has 2 heterocycles. The number of para-hydroxylation sites is 1. The molecule has 0 saturated carbocycles. The Bertz CT molecular complexity index is 1790. The zero-order valence-corrected chi connectivity index (χ0v) is 26.8. The number of aliphatic hydroxyl groups is 1. The number of likely N-dealkylation sites (N-methyl/N-ethyl adjacent to an activating group) is 1. The minimum atomic E-state index is -3.79. The van der Waals surface area contributed by atoms with Crippen LogP contribution in [0.1, 0.15) is 25.0 Å². The van der Waals surface area contributed by atoms with E-state index in [0.717, 1.165) is 16.5 Å². The van der Waals surface area contributed by atoms with Crippen LogP contribution in [-0.2, 0) is 39.5 Å². The van der Waals surface area contributed by atoms with Crippen molar-refractivity contribution >= 4 is 38.4 Å². The third-order valence-corrected chi connectivity index (χ3v) is 10.3. The van der Waals surface area contributed by atoms with Crippen LogP contribution in [0.15, 0.2) is 83.9 Å². The van der Waals surface area contributed by atoms with Crippen LogP contribution in [0.25, 0.3) is 10.9 Å². The molecule has 0 bridgehead atoms. The summed E-state index contributed by atoms with van der Waals surface area (Å²) in [5.41, 5.74) is 3.03. The highest BCUT2D eigenvalue weighted by molar-refractivity contribution is 7.89. The lowest BCUT2D eigenvalue weighted by Gasteiger charge is -2.33. The van der Waals surface area contributed by atoms with Crippen molar-refractivity contribution in [3.05, 3.63) is 90.1 Å². The standard InChI is InChI=1S/C34H40N4O6S/c1-23-19-38(24(2)22-39)34(41)18-25-16-27(35-33(40)17-26-20-36(3)30-13-9-8-12-29(26)30)14-15-31(25)44-32(23)21-37(4)45(42,43)28-10-6-5-7-11-28/h5-16,20,23-24,32,39H,17-19,21-22H2,1-4H3,(H,35,40)/t23-,24+,32-/m0/s1. The average Bonchev–Trinajstić information content (AvgIpc) is 3.36. The molecule has 3 atom stereocenters. The van der Waals surface area contributed by atoms with Crippen LogP contribution in [-0.4, -0.2) is 78.0 Å². The maximum Gasteiger partial charge on any atom is 0.242 e. The SMILES string of the molecule is C[C@H](CO)N1C[C@H](C)[C@H](CN(C)S(=O)(=O)c2ccccc2)Oc2ccc(NC(=O)Cc3cn(C)c4ccccc34)cc2CC1=O. The molecule has 45 heavy (non-hydrogen) atoms. The quantitative estimate of drug-likeness (QED) is 0.290. The first kappa shape index (κ1) is 32.2. The van der Waals surface area contributed by atoms with Gasteiger partial charge in [0.2, 0.25) is 21.8 Å². The van der Waals surface area contributed by atoms with Crippen molar-refractivity contribution in [3.8, 4) is 5.75 Å². The summed E-state index contributed by atoms with van der Waals surface area (Å²) in [6.07, 6.45) is 1.51. The van der Waals surface area contributed by atoms with Crippen molar-refractivity contribution in [2.45, 2.75) is 43.7 Å². The molecule has 0 aliphatic carbocycles. The van der Waals surface area contributed by atoms with Crippen molar-refractivity contribution in [2.24, 2.45) is 13.0 Å². The second-order valence-corrected chi connectivity index (χ2v) is 13.9. The van der Waals surface area contributed by atoms with Gasteiger partial charge in [-0.1, -0.05) is 43.3 Å². The number of sulfonamides is 1. The van der Waals surface area contributed by atoms with Gasteiger partial charge in [-0.15, -0.1) is 0 Å². The van der Waals surface area contributed by atoms with Gasteiger partial charge < -0.3 is 24.6 Å². The predicted octanol–water partition coefficient (Wildman–Crippen LogP) is 3.83. The lowest BCUT2D eigenvalue weighted by Crippen LogP contribution is -2.48. The van der Waals surface area contributed by atoms with E-state index in [0.29, 0.717) is 17.0 Å². The van der Waals surface area contributed by atoms with Gasteiger partial charge in [-0.3, -0.25) is 9.59 Å². The Labute approximate surface area is 264 Å². The number of aryl methyl sites for hydroxylation is 1. The fourth-order valence-corrected chi connectivity index (χ4v) is 7.00.